The minimum atomic E-state index is 0.405. The van der Waals surface area contributed by atoms with Crippen LogP contribution in [-0.2, 0) is 17.6 Å². The minimum absolute atomic E-state index is 0.405. The average molecular weight is 267 g/mol. The van der Waals surface area contributed by atoms with E-state index in [4.69, 9.17) is 4.74 Å². The highest BCUT2D eigenvalue weighted by atomic mass is 16.5. The van der Waals surface area contributed by atoms with Gasteiger partial charge in [-0.3, -0.25) is 4.68 Å². The number of nitrogens with one attached hydrogen (secondary N) is 1. The average Bonchev–Trinajstić information content (AvgIpc) is 2.86. The van der Waals surface area contributed by atoms with E-state index in [1.165, 1.54) is 11.4 Å². The highest BCUT2D eigenvalue weighted by Gasteiger charge is 2.11. The molecule has 0 amide bonds. The molecule has 1 heterocycles. The summed E-state index contributed by atoms with van der Waals surface area (Å²) in [5, 5.41) is 8.16. The zero-order valence-corrected chi connectivity index (χ0v) is 12.9. The van der Waals surface area contributed by atoms with Crippen molar-refractivity contribution in [2.75, 3.05) is 26.3 Å². The van der Waals surface area contributed by atoms with Gasteiger partial charge in [0.1, 0.15) is 0 Å². The van der Waals surface area contributed by atoms with Crippen LogP contribution in [0, 0.1) is 0 Å². The summed E-state index contributed by atoms with van der Waals surface area (Å²) in [7, 11) is 0. The first kappa shape index (κ1) is 16.2. The van der Waals surface area contributed by atoms with Crippen molar-refractivity contribution >= 4 is 0 Å². The second kappa shape index (κ2) is 9.10. The molecule has 0 bridgehead atoms. The monoisotopic (exact) mass is 267 g/mol. The Morgan fingerprint density at radius 2 is 2.11 bits per heavy atom. The summed E-state index contributed by atoms with van der Waals surface area (Å²) in [6.07, 6.45) is 3.12. The third-order valence-corrected chi connectivity index (χ3v) is 3.29. The van der Waals surface area contributed by atoms with Gasteiger partial charge in [-0.1, -0.05) is 13.8 Å². The van der Waals surface area contributed by atoms with Crippen LogP contribution in [0.4, 0.5) is 0 Å². The number of rotatable bonds is 10. The zero-order chi connectivity index (χ0) is 14.1. The SMILES string of the molecule is CCOCCCNCC(C)n1nc(CC)cc1CC. The van der Waals surface area contributed by atoms with E-state index in [0.717, 1.165) is 45.6 Å². The maximum absolute atomic E-state index is 5.32. The fraction of sp³-hybridized carbons (Fsp3) is 0.800. The molecule has 0 fully saturated rings. The molecule has 1 N–H and O–H groups in total. The van der Waals surface area contributed by atoms with Crippen LogP contribution in [0.25, 0.3) is 0 Å². The topological polar surface area (TPSA) is 39.1 Å². The van der Waals surface area contributed by atoms with Crippen LogP contribution in [0.1, 0.15) is 51.5 Å². The minimum Gasteiger partial charge on any atom is -0.382 e. The van der Waals surface area contributed by atoms with Crippen LogP contribution in [0.3, 0.4) is 0 Å². The summed E-state index contributed by atoms with van der Waals surface area (Å²) in [6.45, 7) is 12.2. The van der Waals surface area contributed by atoms with Gasteiger partial charge >= 0.3 is 0 Å². The van der Waals surface area contributed by atoms with Crippen LogP contribution >= 0.6 is 0 Å². The Kier molecular flexibility index (Phi) is 7.75. The van der Waals surface area contributed by atoms with Crippen LogP contribution in [0.15, 0.2) is 6.07 Å². The van der Waals surface area contributed by atoms with E-state index in [2.05, 4.69) is 41.9 Å². The Labute approximate surface area is 117 Å². The van der Waals surface area contributed by atoms with Gasteiger partial charge in [-0.2, -0.15) is 5.10 Å². The molecular formula is C15H29N3O. The van der Waals surface area contributed by atoms with E-state index >= 15 is 0 Å². The zero-order valence-electron chi connectivity index (χ0n) is 12.9. The van der Waals surface area contributed by atoms with Crippen LogP contribution in [-0.4, -0.2) is 36.1 Å². The Bertz CT molecular complexity index is 349. The summed E-state index contributed by atoms with van der Waals surface area (Å²) in [5.74, 6) is 0. The van der Waals surface area contributed by atoms with Gasteiger partial charge in [-0.15, -0.1) is 0 Å². The molecule has 1 rings (SSSR count). The van der Waals surface area contributed by atoms with E-state index < -0.39 is 0 Å². The van der Waals surface area contributed by atoms with Gasteiger partial charge in [-0.05, 0) is 45.7 Å². The van der Waals surface area contributed by atoms with E-state index in [1.54, 1.807) is 0 Å². The molecule has 0 saturated carbocycles. The Morgan fingerprint density at radius 3 is 2.74 bits per heavy atom. The quantitative estimate of drug-likeness (QED) is 0.662. The molecule has 1 aromatic heterocycles. The van der Waals surface area contributed by atoms with Crippen LogP contribution in [0.5, 0.6) is 0 Å². The van der Waals surface area contributed by atoms with E-state index in [1.807, 2.05) is 6.92 Å². The van der Waals surface area contributed by atoms with Crippen molar-refractivity contribution in [3.05, 3.63) is 17.5 Å². The number of nitrogens with zero attached hydrogens (tertiary/aromatic N) is 2. The lowest BCUT2D eigenvalue weighted by Gasteiger charge is -2.16. The molecule has 0 aliphatic carbocycles. The molecule has 1 unspecified atom stereocenters. The van der Waals surface area contributed by atoms with Crippen molar-refractivity contribution in [3.8, 4) is 0 Å². The first-order valence-corrected chi connectivity index (χ1v) is 7.58. The molecular weight excluding hydrogens is 238 g/mol. The fourth-order valence-corrected chi connectivity index (χ4v) is 2.15. The lowest BCUT2D eigenvalue weighted by Crippen LogP contribution is -2.26. The van der Waals surface area contributed by atoms with E-state index in [0.29, 0.717) is 6.04 Å². The van der Waals surface area contributed by atoms with Gasteiger partial charge in [0.05, 0.1) is 11.7 Å². The maximum Gasteiger partial charge on any atom is 0.0624 e. The van der Waals surface area contributed by atoms with Crippen LogP contribution < -0.4 is 5.32 Å². The summed E-state index contributed by atoms with van der Waals surface area (Å²) in [6, 6.07) is 2.63. The summed E-state index contributed by atoms with van der Waals surface area (Å²) >= 11 is 0. The first-order valence-electron chi connectivity index (χ1n) is 7.58. The number of hydrogen-bond acceptors (Lipinski definition) is 3. The number of ether oxygens (including phenoxy) is 1. The third kappa shape index (κ3) is 5.33. The largest absolute Gasteiger partial charge is 0.382 e. The molecule has 4 heteroatoms. The van der Waals surface area contributed by atoms with Gasteiger partial charge in [0, 0.05) is 25.5 Å². The maximum atomic E-state index is 5.32. The number of aryl methyl sites for hydroxylation is 2. The second-order valence-electron chi connectivity index (χ2n) is 4.88. The summed E-state index contributed by atoms with van der Waals surface area (Å²) < 4.78 is 7.50. The van der Waals surface area contributed by atoms with Crippen molar-refractivity contribution < 1.29 is 4.74 Å². The second-order valence-corrected chi connectivity index (χ2v) is 4.88. The van der Waals surface area contributed by atoms with E-state index in [-0.39, 0.29) is 0 Å². The van der Waals surface area contributed by atoms with E-state index in [9.17, 15) is 0 Å². The Balaban J connectivity index is 2.36. The highest BCUT2D eigenvalue weighted by Crippen LogP contribution is 2.12. The van der Waals surface area contributed by atoms with Crippen molar-refractivity contribution in [2.24, 2.45) is 0 Å². The van der Waals surface area contributed by atoms with Gasteiger partial charge in [-0.25, -0.2) is 0 Å². The van der Waals surface area contributed by atoms with Crippen molar-refractivity contribution in [3.63, 3.8) is 0 Å². The molecule has 19 heavy (non-hydrogen) atoms. The third-order valence-electron chi connectivity index (χ3n) is 3.29. The number of hydrogen-bond donors (Lipinski definition) is 1. The molecule has 1 aromatic rings. The van der Waals surface area contributed by atoms with Gasteiger partial charge in [0.15, 0.2) is 0 Å². The van der Waals surface area contributed by atoms with Gasteiger partial charge < -0.3 is 10.1 Å². The lowest BCUT2D eigenvalue weighted by molar-refractivity contribution is 0.144. The molecule has 0 radical (unpaired) electrons. The molecule has 0 aromatic carbocycles. The van der Waals surface area contributed by atoms with Crippen molar-refractivity contribution in [1.29, 1.82) is 0 Å². The molecule has 0 spiro atoms. The predicted octanol–water partition coefficient (Wildman–Crippen LogP) is 2.59. The Morgan fingerprint density at radius 1 is 1.32 bits per heavy atom. The number of aromatic nitrogens is 2. The van der Waals surface area contributed by atoms with Gasteiger partial charge in [0.25, 0.3) is 0 Å². The molecule has 0 aliphatic heterocycles. The summed E-state index contributed by atoms with van der Waals surface area (Å²) in [5.41, 5.74) is 2.53. The normalized spacial score (nSPS) is 12.8. The fourth-order valence-electron chi connectivity index (χ4n) is 2.15. The van der Waals surface area contributed by atoms with Crippen molar-refractivity contribution in [1.82, 2.24) is 15.1 Å². The smallest absolute Gasteiger partial charge is 0.0624 e. The van der Waals surface area contributed by atoms with Crippen molar-refractivity contribution in [2.45, 2.75) is 53.0 Å². The molecule has 4 nitrogen and oxygen atoms in total. The van der Waals surface area contributed by atoms with Gasteiger partial charge in [0.2, 0.25) is 0 Å². The lowest BCUT2D eigenvalue weighted by atomic mass is 10.2. The molecule has 0 aliphatic rings. The summed E-state index contributed by atoms with van der Waals surface area (Å²) in [4.78, 5) is 0. The Hall–Kier alpha value is -0.870. The predicted molar refractivity (Wildman–Crippen MR) is 79.7 cm³/mol. The molecule has 110 valence electrons. The molecule has 0 saturated heterocycles. The standard InChI is InChI=1S/C15H29N3O/c1-5-14-11-15(6-2)18(17-14)13(4)12-16-9-8-10-19-7-3/h11,13,16H,5-10,12H2,1-4H3. The first-order chi connectivity index (χ1) is 9.22. The van der Waals surface area contributed by atoms with Crippen LogP contribution in [0.2, 0.25) is 0 Å². The molecule has 1 atom stereocenters. The highest BCUT2D eigenvalue weighted by molar-refractivity contribution is 5.11.